The molecule has 0 spiro atoms. The summed E-state index contributed by atoms with van der Waals surface area (Å²) < 4.78 is 10.8. The van der Waals surface area contributed by atoms with Crippen molar-refractivity contribution >= 4 is 11.7 Å². The summed E-state index contributed by atoms with van der Waals surface area (Å²) in [6.07, 6.45) is 3.40. The highest BCUT2D eigenvalue weighted by Gasteiger charge is 2.26. The smallest absolute Gasteiger partial charge is 0.341 e. The molecular weight excluding hydrogens is 254 g/mol. The SMILES string of the molecule is COC(=O)c1ccc(N)cc1OC1CC(C)CC(C)C1. The van der Waals surface area contributed by atoms with E-state index in [9.17, 15) is 4.79 Å². The van der Waals surface area contributed by atoms with Gasteiger partial charge in [-0.05, 0) is 43.2 Å². The lowest BCUT2D eigenvalue weighted by Gasteiger charge is -2.32. The van der Waals surface area contributed by atoms with Crippen LogP contribution in [0.5, 0.6) is 5.75 Å². The normalized spacial score (nSPS) is 26.1. The van der Waals surface area contributed by atoms with Gasteiger partial charge >= 0.3 is 5.97 Å². The Morgan fingerprint density at radius 1 is 1.20 bits per heavy atom. The molecule has 2 N–H and O–H groups in total. The monoisotopic (exact) mass is 277 g/mol. The molecule has 1 aliphatic rings. The van der Waals surface area contributed by atoms with Crippen molar-refractivity contribution in [2.45, 2.75) is 39.2 Å². The predicted molar refractivity (Wildman–Crippen MR) is 78.8 cm³/mol. The topological polar surface area (TPSA) is 61.5 Å². The van der Waals surface area contributed by atoms with E-state index in [-0.39, 0.29) is 6.10 Å². The molecule has 1 aliphatic carbocycles. The zero-order chi connectivity index (χ0) is 14.7. The van der Waals surface area contributed by atoms with Crippen LogP contribution in [0.3, 0.4) is 0 Å². The van der Waals surface area contributed by atoms with Crippen LogP contribution in [-0.4, -0.2) is 19.2 Å². The molecule has 2 unspecified atom stereocenters. The third kappa shape index (κ3) is 3.44. The standard InChI is InChI=1S/C16H23NO3/c1-10-6-11(2)8-13(7-10)20-15-9-12(17)4-5-14(15)16(18)19-3/h4-5,9-11,13H,6-8,17H2,1-3H3. The van der Waals surface area contributed by atoms with Gasteiger partial charge in [0.25, 0.3) is 0 Å². The molecule has 0 heterocycles. The lowest BCUT2D eigenvalue weighted by Crippen LogP contribution is -2.29. The Morgan fingerprint density at radius 3 is 2.45 bits per heavy atom. The van der Waals surface area contributed by atoms with Crippen molar-refractivity contribution in [3.63, 3.8) is 0 Å². The van der Waals surface area contributed by atoms with Crippen LogP contribution < -0.4 is 10.5 Å². The zero-order valence-electron chi connectivity index (χ0n) is 12.4. The third-order valence-corrected chi connectivity index (χ3v) is 3.84. The highest BCUT2D eigenvalue weighted by Crippen LogP contribution is 2.33. The molecule has 1 aromatic rings. The second-order valence-corrected chi connectivity index (χ2v) is 5.90. The van der Waals surface area contributed by atoms with Gasteiger partial charge in [-0.25, -0.2) is 4.79 Å². The quantitative estimate of drug-likeness (QED) is 0.680. The van der Waals surface area contributed by atoms with Gasteiger partial charge in [-0.3, -0.25) is 0 Å². The summed E-state index contributed by atoms with van der Waals surface area (Å²) in [6.45, 7) is 4.49. The molecule has 1 saturated carbocycles. The Balaban J connectivity index is 2.19. The van der Waals surface area contributed by atoms with Crippen molar-refractivity contribution in [2.75, 3.05) is 12.8 Å². The Morgan fingerprint density at radius 2 is 1.85 bits per heavy atom. The first-order valence-corrected chi connectivity index (χ1v) is 7.14. The van der Waals surface area contributed by atoms with Gasteiger partial charge in [0.1, 0.15) is 11.3 Å². The largest absolute Gasteiger partial charge is 0.489 e. The van der Waals surface area contributed by atoms with Crippen LogP contribution in [0.15, 0.2) is 18.2 Å². The Kier molecular flexibility index (Phi) is 4.53. The van der Waals surface area contributed by atoms with E-state index >= 15 is 0 Å². The summed E-state index contributed by atoms with van der Waals surface area (Å²) in [5.41, 5.74) is 6.82. The Labute approximate surface area is 120 Å². The maximum Gasteiger partial charge on any atom is 0.341 e. The maximum absolute atomic E-state index is 11.8. The molecule has 0 aromatic heterocycles. The highest BCUT2D eigenvalue weighted by molar-refractivity contribution is 5.93. The van der Waals surface area contributed by atoms with Crippen LogP contribution in [0.25, 0.3) is 0 Å². The van der Waals surface area contributed by atoms with Crippen LogP contribution in [0.1, 0.15) is 43.5 Å². The summed E-state index contributed by atoms with van der Waals surface area (Å²) in [4.78, 5) is 11.8. The van der Waals surface area contributed by atoms with Gasteiger partial charge in [-0.1, -0.05) is 13.8 Å². The number of rotatable bonds is 3. The first kappa shape index (κ1) is 14.7. The summed E-state index contributed by atoms with van der Waals surface area (Å²) in [7, 11) is 1.37. The van der Waals surface area contributed by atoms with Crippen LogP contribution in [-0.2, 0) is 4.74 Å². The summed E-state index contributed by atoms with van der Waals surface area (Å²) >= 11 is 0. The average molecular weight is 277 g/mol. The predicted octanol–water partition coefficient (Wildman–Crippen LogP) is 3.26. The molecule has 0 radical (unpaired) electrons. The van der Waals surface area contributed by atoms with E-state index in [4.69, 9.17) is 15.2 Å². The molecule has 1 fully saturated rings. The second-order valence-electron chi connectivity index (χ2n) is 5.90. The summed E-state index contributed by atoms with van der Waals surface area (Å²) in [5.74, 6) is 1.43. The van der Waals surface area contributed by atoms with Gasteiger partial charge < -0.3 is 15.2 Å². The maximum atomic E-state index is 11.8. The number of nitrogens with two attached hydrogens (primary N) is 1. The van der Waals surface area contributed by atoms with Crippen molar-refractivity contribution in [2.24, 2.45) is 11.8 Å². The minimum absolute atomic E-state index is 0.138. The fraction of sp³-hybridized carbons (Fsp3) is 0.562. The number of benzene rings is 1. The number of hydrogen-bond donors (Lipinski definition) is 1. The lowest BCUT2D eigenvalue weighted by atomic mass is 9.82. The van der Waals surface area contributed by atoms with E-state index < -0.39 is 5.97 Å². The molecule has 1 aromatic carbocycles. The number of carbonyl (C=O) groups is 1. The van der Waals surface area contributed by atoms with E-state index in [1.165, 1.54) is 13.5 Å². The number of nitrogen functional groups attached to an aromatic ring is 1. The van der Waals surface area contributed by atoms with Crippen molar-refractivity contribution in [3.8, 4) is 5.75 Å². The summed E-state index contributed by atoms with van der Waals surface area (Å²) in [5, 5.41) is 0. The Bertz CT molecular complexity index is 477. The van der Waals surface area contributed by atoms with Crippen LogP contribution in [0, 0.1) is 11.8 Å². The van der Waals surface area contributed by atoms with Gasteiger partial charge in [-0.15, -0.1) is 0 Å². The minimum Gasteiger partial charge on any atom is -0.489 e. The molecule has 20 heavy (non-hydrogen) atoms. The van der Waals surface area contributed by atoms with Gasteiger partial charge in [0.2, 0.25) is 0 Å². The fourth-order valence-corrected chi connectivity index (χ4v) is 3.06. The van der Waals surface area contributed by atoms with Gasteiger partial charge in [-0.2, -0.15) is 0 Å². The first-order valence-electron chi connectivity index (χ1n) is 7.14. The fourth-order valence-electron chi connectivity index (χ4n) is 3.06. The number of ether oxygens (including phenoxy) is 2. The molecular formula is C16H23NO3. The van der Waals surface area contributed by atoms with Crippen LogP contribution in [0.2, 0.25) is 0 Å². The van der Waals surface area contributed by atoms with Crippen molar-refractivity contribution in [1.29, 1.82) is 0 Å². The number of hydrogen-bond acceptors (Lipinski definition) is 4. The van der Waals surface area contributed by atoms with Crippen LogP contribution >= 0.6 is 0 Å². The van der Waals surface area contributed by atoms with Gasteiger partial charge in [0.15, 0.2) is 0 Å². The molecule has 4 heteroatoms. The van der Waals surface area contributed by atoms with Crippen LogP contribution in [0.4, 0.5) is 5.69 Å². The van der Waals surface area contributed by atoms with E-state index in [1.54, 1.807) is 18.2 Å². The number of methoxy groups -OCH3 is 1. The van der Waals surface area contributed by atoms with E-state index in [0.29, 0.717) is 28.8 Å². The van der Waals surface area contributed by atoms with Gasteiger partial charge in [0, 0.05) is 11.8 Å². The van der Waals surface area contributed by atoms with E-state index in [1.807, 2.05) is 0 Å². The summed E-state index contributed by atoms with van der Waals surface area (Å²) in [6, 6.07) is 5.05. The molecule has 2 rings (SSSR count). The highest BCUT2D eigenvalue weighted by atomic mass is 16.5. The molecule has 4 nitrogen and oxygen atoms in total. The molecule has 0 aliphatic heterocycles. The first-order chi connectivity index (χ1) is 9.49. The third-order valence-electron chi connectivity index (χ3n) is 3.84. The number of esters is 1. The zero-order valence-corrected chi connectivity index (χ0v) is 12.4. The molecule has 0 bridgehead atoms. The molecule has 2 atom stereocenters. The van der Waals surface area contributed by atoms with Gasteiger partial charge in [0.05, 0.1) is 13.2 Å². The second kappa shape index (κ2) is 6.16. The van der Waals surface area contributed by atoms with E-state index in [2.05, 4.69) is 13.8 Å². The van der Waals surface area contributed by atoms with Crippen molar-refractivity contribution in [3.05, 3.63) is 23.8 Å². The molecule has 0 saturated heterocycles. The lowest BCUT2D eigenvalue weighted by molar-refractivity contribution is 0.0583. The Hall–Kier alpha value is -1.71. The minimum atomic E-state index is -0.392. The number of anilines is 1. The van der Waals surface area contributed by atoms with E-state index in [0.717, 1.165) is 12.8 Å². The van der Waals surface area contributed by atoms with Crippen molar-refractivity contribution in [1.82, 2.24) is 0 Å². The number of carbonyl (C=O) groups excluding carboxylic acids is 1. The average Bonchev–Trinajstić information content (AvgIpc) is 2.37. The molecule has 110 valence electrons. The molecule has 0 amide bonds. The van der Waals surface area contributed by atoms with Crippen molar-refractivity contribution < 1.29 is 14.3 Å².